The fraction of sp³-hybridized carbons (Fsp3) is 0.409. The molecule has 1 amide bonds. The number of nitrogens with zero attached hydrogens (tertiary/aromatic N) is 3. The van der Waals surface area contributed by atoms with Crippen molar-refractivity contribution in [2.24, 2.45) is 4.99 Å². The summed E-state index contributed by atoms with van der Waals surface area (Å²) in [5.74, 6) is 0.0607. The molecule has 1 aromatic carbocycles. The molecule has 164 valence electrons. The summed E-state index contributed by atoms with van der Waals surface area (Å²) in [6, 6.07) is 7.02. The summed E-state index contributed by atoms with van der Waals surface area (Å²) in [6.07, 6.45) is 1.90. The van der Waals surface area contributed by atoms with E-state index in [0.717, 1.165) is 10.7 Å². The Morgan fingerprint density at radius 2 is 2.03 bits per heavy atom. The Labute approximate surface area is 185 Å². The molecule has 3 heterocycles. The molecule has 9 heteroatoms. The van der Waals surface area contributed by atoms with Crippen LogP contribution in [0.5, 0.6) is 5.75 Å². The van der Waals surface area contributed by atoms with Crippen molar-refractivity contribution in [2.75, 3.05) is 39.5 Å². The number of carbonyl (C=O) groups is 2. The molecule has 0 aromatic heterocycles. The van der Waals surface area contributed by atoms with Crippen molar-refractivity contribution < 1.29 is 23.8 Å². The second-order valence-corrected chi connectivity index (χ2v) is 8.02. The lowest BCUT2D eigenvalue weighted by atomic mass is 9.94. The van der Waals surface area contributed by atoms with Crippen molar-refractivity contribution in [3.63, 3.8) is 0 Å². The van der Waals surface area contributed by atoms with Crippen LogP contribution in [0.3, 0.4) is 0 Å². The van der Waals surface area contributed by atoms with Gasteiger partial charge in [-0.1, -0.05) is 30.0 Å². The van der Waals surface area contributed by atoms with Crippen molar-refractivity contribution in [2.45, 2.75) is 19.9 Å². The Balaban J connectivity index is 1.63. The van der Waals surface area contributed by atoms with Crippen LogP contribution in [0.4, 0.5) is 0 Å². The van der Waals surface area contributed by atoms with E-state index in [0.29, 0.717) is 43.3 Å². The van der Waals surface area contributed by atoms with Gasteiger partial charge in [-0.25, -0.2) is 9.79 Å². The number of ether oxygens (including phenoxy) is 3. The van der Waals surface area contributed by atoms with Crippen molar-refractivity contribution in [1.29, 1.82) is 0 Å². The van der Waals surface area contributed by atoms with Gasteiger partial charge in [-0.05, 0) is 25.3 Å². The normalized spacial score (nSPS) is 20.5. The van der Waals surface area contributed by atoms with Gasteiger partial charge in [0.15, 0.2) is 11.8 Å². The lowest BCUT2D eigenvalue weighted by Crippen LogP contribution is -2.43. The lowest BCUT2D eigenvalue weighted by Gasteiger charge is -2.34. The fourth-order valence-electron chi connectivity index (χ4n) is 3.76. The average molecular weight is 444 g/mol. The molecule has 31 heavy (non-hydrogen) atoms. The first kappa shape index (κ1) is 21.5. The van der Waals surface area contributed by atoms with E-state index in [9.17, 15) is 9.59 Å². The predicted octanol–water partition coefficient (Wildman–Crippen LogP) is 2.69. The van der Waals surface area contributed by atoms with Gasteiger partial charge in [-0.2, -0.15) is 0 Å². The number of para-hydroxylation sites is 1. The quantitative estimate of drug-likeness (QED) is 0.626. The van der Waals surface area contributed by atoms with Crippen molar-refractivity contribution in [3.8, 4) is 5.75 Å². The van der Waals surface area contributed by atoms with Gasteiger partial charge in [0.2, 0.25) is 0 Å². The van der Waals surface area contributed by atoms with Crippen LogP contribution in [0, 0.1) is 0 Å². The van der Waals surface area contributed by atoms with Crippen LogP contribution in [0.1, 0.15) is 25.5 Å². The third-order valence-corrected chi connectivity index (χ3v) is 6.02. The van der Waals surface area contributed by atoms with E-state index < -0.39 is 12.0 Å². The van der Waals surface area contributed by atoms with Gasteiger partial charge < -0.3 is 24.0 Å². The molecule has 1 saturated heterocycles. The second-order valence-electron chi connectivity index (χ2n) is 7.15. The number of carbonyl (C=O) groups excluding carboxylic acids is 2. The number of hydrogen-bond donors (Lipinski definition) is 0. The van der Waals surface area contributed by atoms with E-state index in [2.05, 4.69) is 4.99 Å². The smallest absolute Gasteiger partial charge is 0.338 e. The zero-order valence-corrected chi connectivity index (χ0v) is 18.4. The Morgan fingerprint density at radius 3 is 2.81 bits per heavy atom. The Kier molecular flexibility index (Phi) is 6.62. The van der Waals surface area contributed by atoms with Gasteiger partial charge in [-0.3, -0.25) is 4.79 Å². The molecule has 0 N–H and O–H groups in total. The van der Waals surface area contributed by atoms with Gasteiger partial charge in [-0.15, -0.1) is 0 Å². The van der Waals surface area contributed by atoms with E-state index in [1.807, 2.05) is 47.7 Å². The first-order chi connectivity index (χ1) is 15.1. The fourth-order valence-corrected chi connectivity index (χ4v) is 4.55. The maximum Gasteiger partial charge on any atom is 0.338 e. The van der Waals surface area contributed by atoms with Crippen LogP contribution >= 0.6 is 11.8 Å². The molecule has 0 radical (unpaired) electrons. The summed E-state index contributed by atoms with van der Waals surface area (Å²) in [7, 11) is 0. The number of aliphatic imine (C=N–C) groups is 1. The zero-order chi connectivity index (χ0) is 21.8. The predicted molar refractivity (Wildman–Crippen MR) is 117 cm³/mol. The molecule has 0 unspecified atom stereocenters. The molecule has 1 aromatic rings. The highest BCUT2D eigenvalue weighted by atomic mass is 32.2. The minimum Gasteiger partial charge on any atom is -0.483 e. The SMILES string of the molecule is CCOC(=O)C1=C(C)N=C2SC=CN2[C@H]1c1ccccc1OCC(=O)N1CCOCC1. The Morgan fingerprint density at radius 1 is 1.26 bits per heavy atom. The third-order valence-electron chi connectivity index (χ3n) is 5.24. The third kappa shape index (κ3) is 4.47. The molecule has 0 bridgehead atoms. The molecule has 1 atom stereocenters. The number of benzene rings is 1. The number of thioether (sulfide) groups is 1. The van der Waals surface area contributed by atoms with E-state index >= 15 is 0 Å². The molecule has 0 aliphatic carbocycles. The molecule has 4 rings (SSSR count). The van der Waals surface area contributed by atoms with Crippen LogP contribution < -0.4 is 4.74 Å². The summed E-state index contributed by atoms with van der Waals surface area (Å²) in [4.78, 5) is 33.7. The summed E-state index contributed by atoms with van der Waals surface area (Å²) >= 11 is 1.49. The molecule has 8 nitrogen and oxygen atoms in total. The van der Waals surface area contributed by atoms with Crippen molar-refractivity contribution >= 4 is 28.8 Å². The molecule has 3 aliphatic rings. The maximum absolute atomic E-state index is 12.8. The largest absolute Gasteiger partial charge is 0.483 e. The number of allylic oxidation sites excluding steroid dienone is 1. The first-order valence-electron chi connectivity index (χ1n) is 10.3. The van der Waals surface area contributed by atoms with Crippen LogP contribution in [-0.4, -0.2) is 66.4 Å². The van der Waals surface area contributed by atoms with E-state index in [-0.39, 0.29) is 19.1 Å². The average Bonchev–Trinajstić information content (AvgIpc) is 3.25. The monoisotopic (exact) mass is 443 g/mol. The van der Waals surface area contributed by atoms with E-state index in [1.165, 1.54) is 11.8 Å². The number of amidine groups is 1. The van der Waals surface area contributed by atoms with E-state index in [4.69, 9.17) is 14.2 Å². The summed E-state index contributed by atoms with van der Waals surface area (Å²) in [6.45, 7) is 6.00. The highest BCUT2D eigenvalue weighted by Gasteiger charge is 2.38. The molecule has 3 aliphatic heterocycles. The number of hydrogen-bond acceptors (Lipinski definition) is 8. The summed E-state index contributed by atoms with van der Waals surface area (Å²) < 4.78 is 16.6. The maximum atomic E-state index is 12.8. The molecule has 0 saturated carbocycles. The van der Waals surface area contributed by atoms with Crippen LogP contribution in [0.15, 0.2) is 52.1 Å². The summed E-state index contributed by atoms with van der Waals surface area (Å²) in [5.41, 5.74) is 1.86. The molecule has 1 fully saturated rings. The Hall–Kier alpha value is -2.78. The van der Waals surface area contributed by atoms with Gasteiger partial charge >= 0.3 is 5.97 Å². The van der Waals surface area contributed by atoms with Crippen LogP contribution in [0.2, 0.25) is 0 Å². The molecular formula is C22H25N3O5S. The van der Waals surface area contributed by atoms with Crippen molar-refractivity contribution in [1.82, 2.24) is 9.80 Å². The van der Waals surface area contributed by atoms with Gasteiger partial charge in [0, 0.05) is 24.9 Å². The number of amides is 1. The van der Waals surface area contributed by atoms with Gasteiger partial charge in [0.25, 0.3) is 5.91 Å². The highest BCUT2D eigenvalue weighted by molar-refractivity contribution is 8.16. The van der Waals surface area contributed by atoms with Gasteiger partial charge in [0.1, 0.15) is 5.75 Å². The molecule has 0 spiro atoms. The van der Waals surface area contributed by atoms with E-state index in [1.54, 1.807) is 11.8 Å². The number of fused-ring (bicyclic) bond motifs is 1. The molecular weight excluding hydrogens is 418 g/mol. The Bertz CT molecular complexity index is 952. The lowest BCUT2D eigenvalue weighted by molar-refractivity contribution is -0.139. The highest BCUT2D eigenvalue weighted by Crippen LogP contribution is 2.43. The first-order valence-corrected chi connectivity index (χ1v) is 11.1. The second kappa shape index (κ2) is 9.57. The number of rotatable bonds is 6. The minimum absolute atomic E-state index is 0.0767. The zero-order valence-electron chi connectivity index (χ0n) is 17.6. The standard InChI is InChI=1S/C22H25N3O5S/c1-3-29-21(27)19-15(2)23-22-25(10-13-31-22)20(19)16-6-4-5-7-17(16)30-14-18(26)24-8-11-28-12-9-24/h4-7,10,13,20H,3,8-9,11-12,14H2,1-2H3/t20-/m0/s1. The minimum atomic E-state index is -0.451. The number of morpholine rings is 1. The van der Waals surface area contributed by atoms with Crippen LogP contribution in [-0.2, 0) is 19.1 Å². The van der Waals surface area contributed by atoms with Crippen LogP contribution in [0.25, 0.3) is 0 Å². The number of esters is 1. The van der Waals surface area contributed by atoms with Crippen molar-refractivity contribution in [3.05, 3.63) is 52.7 Å². The summed E-state index contributed by atoms with van der Waals surface area (Å²) in [5, 5.41) is 2.72. The van der Waals surface area contributed by atoms with Gasteiger partial charge in [0.05, 0.1) is 37.1 Å². The topological polar surface area (TPSA) is 80.7 Å².